The zero-order valence-electron chi connectivity index (χ0n) is 12.2. The lowest BCUT2D eigenvalue weighted by molar-refractivity contribution is -0.142. The van der Waals surface area contributed by atoms with Crippen molar-refractivity contribution >= 4 is 16.0 Å². The number of hydrogen-bond acceptors (Lipinski definition) is 5. The molecule has 7 heteroatoms. The van der Waals surface area contributed by atoms with Crippen LogP contribution in [0.15, 0.2) is 23.1 Å². The maximum absolute atomic E-state index is 12.2. The number of sulfonamides is 1. The van der Waals surface area contributed by atoms with Gasteiger partial charge in [-0.2, -0.15) is 5.26 Å². The monoisotopic (exact) mass is 322 g/mol. The third kappa shape index (κ3) is 4.29. The molecule has 1 aromatic rings. The maximum atomic E-state index is 12.2. The minimum absolute atomic E-state index is 0.0519. The summed E-state index contributed by atoms with van der Waals surface area (Å²) in [7, 11) is -3.63. The molecule has 0 aliphatic heterocycles. The van der Waals surface area contributed by atoms with E-state index in [9.17, 15) is 13.2 Å². The van der Waals surface area contributed by atoms with Crippen molar-refractivity contribution < 1.29 is 17.9 Å². The summed E-state index contributed by atoms with van der Waals surface area (Å²) in [5.74, 6) is -0.602. The first kappa shape index (κ1) is 16.5. The molecular formula is C15H18N2O4S. The van der Waals surface area contributed by atoms with Crippen LogP contribution in [0.1, 0.15) is 30.4 Å². The topological polar surface area (TPSA) is 96.3 Å². The smallest absolute Gasteiger partial charge is 0.308 e. The fourth-order valence-corrected chi connectivity index (χ4v) is 3.51. The van der Waals surface area contributed by atoms with Gasteiger partial charge in [-0.3, -0.25) is 4.79 Å². The number of ether oxygens (including phenoxy) is 1. The number of esters is 1. The van der Waals surface area contributed by atoms with E-state index in [0.717, 1.165) is 31.2 Å². The fraction of sp³-hybridized carbons (Fsp3) is 0.467. The fourth-order valence-electron chi connectivity index (χ4n) is 2.43. The summed E-state index contributed by atoms with van der Waals surface area (Å²) in [5, 5.41) is 8.28. The molecule has 22 heavy (non-hydrogen) atoms. The van der Waals surface area contributed by atoms with Crippen LogP contribution in [0.25, 0.3) is 0 Å². The van der Waals surface area contributed by atoms with Gasteiger partial charge in [-0.05, 0) is 48.9 Å². The molecular weight excluding hydrogens is 304 g/mol. The molecule has 1 aliphatic carbocycles. The van der Waals surface area contributed by atoms with Gasteiger partial charge in [-0.15, -0.1) is 0 Å². The number of nitrogens with zero attached hydrogens (tertiary/aromatic N) is 1. The van der Waals surface area contributed by atoms with E-state index in [1.54, 1.807) is 18.2 Å². The Balaban J connectivity index is 1.96. The summed E-state index contributed by atoms with van der Waals surface area (Å²) in [6.45, 7) is -0.375. The highest BCUT2D eigenvalue weighted by Crippen LogP contribution is 2.23. The van der Waals surface area contributed by atoms with Gasteiger partial charge in [0, 0.05) is 6.54 Å². The van der Waals surface area contributed by atoms with E-state index in [-0.39, 0.29) is 24.5 Å². The van der Waals surface area contributed by atoms with E-state index < -0.39 is 16.0 Å². The maximum Gasteiger partial charge on any atom is 0.308 e. The highest BCUT2D eigenvalue weighted by atomic mass is 32.2. The molecule has 0 spiro atoms. The Bertz CT molecular complexity index is 692. The van der Waals surface area contributed by atoms with Gasteiger partial charge in [-0.25, -0.2) is 13.1 Å². The number of hydrogen-bond donors (Lipinski definition) is 1. The van der Waals surface area contributed by atoms with Crippen molar-refractivity contribution in [3.05, 3.63) is 29.3 Å². The largest absolute Gasteiger partial charge is 0.450 e. The van der Waals surface area contributed by atoms with E-state index in [4.69, 9.17) is 5.26 Å². The van der Waals surface area contributed by atoms with Crippen molar-refractivity contribution in [3.8, 4) is 6.07 Å². The molecule has 2 rings (SSSR count). The van der Waals surface area contributed by atoms with Crippen LogP contribution in [0.3, 0.4) is 0 Å². The van der Waals surface area contributed by atoms with Crippen molar-refractivity contribution in [1.29, 1.82) is 5.26 Å². The molecule has 0 heterocycles. The van der Waals surface area contributed by atoms with Crippen molar-refractivity contribution in [2.24, 2.45) is 0 Å². The molecule has 0 radical (unpaired) electrons. The summed E-state index contributed by atoms with van der Waals surface area (Å²) < 4.78 is 31.3. The van der Waals surface area contributed by atoms with Gasteiger partial charge in [0.1, 0.15) is 6.07 Å². The van der Waals surface area contributed by atoms with Crippen LogP contribution in [-0.2, 0) is 32.4 Å². The predicted octanol–water partition coefficient (Wildman–Crippen LogP) is 1.30. The number of aryl methyl sites for hydroxylation is 2. The summed E-state index contributed by atoms with van der Waals surface area (Å²) in [6.07, 6.45) is 4.01. The van der Waals surface area contributed by atoms with Crippen LogP contribution >= 0.6 is 0 Å². The van der Waals surface area contributed by atoms with Crippen LogP contribution in [0.5, 0.6) is 0 Å². The SMILES string of the molecule is N#CCOC(=O)CCNS(=O)(=O)c1ccc2c(c1)CCCC2. The molecule has 118 valence electrons. The number of fused-ring (bicyclic) bond motifs is 1. The predicted molar refractivity (Wildman–Crippen MR) is 79.5 cm³/mol. The van der Waals surface area contributed by atoms with Crippen molar-refractivity contribution in [3.63, 3.8) is 0 Å². The standard InChI is InChI=1S/C15H18N2O4S/c16-8-10-21-15(18)7-9-17-22(19,20)14-6-5-12-3-1-2-4-13(12)11-14/h5-6,11,17H,1-4,7,9-10H2. The second-order valence-electron chi connectivity index (χ2n) is 5.10. The quantitative estimate of drug-likeness (QED) is 0.796. The molecule has 0 fully saturated rings. The molecule has 0 unspecified atom stereocenters. The van der Waals surface area contributed by atoms with Crippen LogP contribution in [-0.4, -0.2) is 27.5 Å². The number of carbonyl (C=O) groups excluding carboxylic acids is 1. The molecule has 1 N–H and O–H groups in total. The van der Waals surface area contributed by atoms with Crippen molar-refractivity contribution in [2.75, 3.05) is 13.2 Å². The molecule has 1 aliphatic rings. The number of benzene rings is 1. The number of rotatable bonds is 6. The Labute approximate surface area is 130 Å². The van der Waals surface area contributed by atoms with Gasteiger partial charge < -0.3 is 4.74 Å². The third-order valence-electron chi connectivity index (χ3n) is 3.55. The van der Waals surface area contributed by atoms with Gasteiger partial charge in [0.2, 0.25) is 10.0 Å². The van der Waals surface area contributed by atoms with E-state index in [1.165, 1.54) is 5.56 Å². The Morgan fingerprint density at radius 3 is 2.73 bits per heavy atom. The highest BCUT2D eigenvalue weighted by molar-refractivity contribution is 7.89. The van der Waals surface area contributed by atoms with Gasteiger partial charge in [-0.1, -0.05) is 6.07 Å². The summed E-state index contributed by atoms with van der Waals surface area (Å²) in [5.41, 5.74) is 2.30. The second-order valence-corrected chi connectivity index (χ2v) is 6.87. The molecule has 6 nitrogen and oxygen atoms in total. The zero-order valence-corrected chi connectivity index (χ0v) is 13.0. The highest BCUT2D eigenvalue weighted by Gasteiger charge is 2.17. The number of nitriles is 1. The summed E-state index contributed by atoms with van der Waals surface area (Å²) in [6, 6.07) is 6.85. The molecule has 0 saturated heterocycles. The van der Waals surface area contributed by atoms with Gasteiger partial charge in [0.25, 0.3) is 0 Å². The molecule has 0 aromatic heterocycles. The first-order chi connectivity index (χ1) is 10.5. The molecule has 0 amide bonds. The van der Waals surface area contributed by atoms with Gasteiger partial charge >= 0.3 is 5.97 Å². The lowest BCUT2D eigenvalue weighted by Gasteiger charge is -2.16. The molecule has 1 aromatic carbocycles. The average molecular weight is 322 g/mol. The minimum atomic E-state index is -3.63. The lowest BCUT2D eigenvalue weighted by Crippen LogP contribution is -2.27. The van der Waals surface area contributed by atoms with Crippen LogP contribution in [0, 0.1) is 11.3 Å². The van der Waals surface area contributed by atoms with Gasteiger partial charge in [0.15, 0.2) is 6.61 Å². The van der Waals surface area contributed by atoms with E-state index >= 15 is 0 Å². The molecule has 0 saturated carbocycles. The first-order valence-corrected chi connectivity index (χ1v) is 8.65. The van der Waals surface area contributed by atoms with Crippen LogP contribution < -0.4 is 4.72 Å². The summed E-state index contributed by atoms with van der Waals surface area (Å²) >= 11 is 0. The molecule has 0 atom stereocenters. The van der Waals surface area contributed by atoms with Crippen LogP contribution in [0.2, 0.25) is 0 Å². The van der Waals surface area contributed by atoms with Crippen molar-refractivity contribution in [1.82, 2.24) is 4.72 Å². The number of nitrogens with one attached hydrogen (secondary N) is 1. The Morgan fingerprint density at radius 1 is 1.27 bits per heavy atom. The van der Waals surface area contributed by atoms with E-state index in [2.05, 4.69) is 9.46 Å². The third-order valence-corrected chi connectivity index (χ3v) is 5.01. The van der Waals surface area contributed by atoms with E-state index in [1.807, 2.05) is 6.07 Å². The average Bonchev–Trinajstić information content (AvgIpc) is 2.52. The Kier molecular flexibility index (Phi) is 5.52. The first-order valence-electron chi connectivity index (χ1n) is 7.17. The minimum Gasteiger partial charge on any atom is -0.450 e. The van der Waals surface area contributed by atoms with E-state index in [0.29, 0.717) is 0 Å². The Morgan fingerprint density at radius 2 is 2.00 bits per heavy atom. The normalized spacial score (nSPS) is 14.0. The summed E-state index contributed by atoms with van der Waals surface area (Å²) in [4.78, 5) is 11.4. The Hall–Kier alpha value is -1.91. The van der Waals surface area contributed by atoms with Gasteiger partial charge in [0.05, 0.1) is 11.3 Å². The van der Waals surface area contributed by atoms with Crippen LogP contribution in [0.4, 0.5) is 0 Å². The lowest BCUT2D eigenvalue weighted by atomic mass is 9.92. The molecule has 0 bridgehead atoms. The second kappa shape index (κ2) is 7.38. The number of carbonyl (C=O) groups is 1. The zero-order chi connectivity index (χ0) is 16.0. The van der Waals surface area contributed by atoms with Crippen molar-refractivity contribution in [2.45, 2.75) is 37.0 Å².